The fourth-order valence-corrected chi connectivity index (χ4v) is 4.92. The molecule has 0 fully saturated rings. The molecule has 2 aromatic rings. The highest BCUT2D eigenvalue weighted by Gasteiger charge is 2.28. The average Bonchev–Trinajstić information content (AvgIpc) is 3.23. The van der Waals surface area contributed by atoms with Gasteiger partial charge in [-0.15, -0.1) is 0 Å². The standard InChI is InChI=1S/C24H29N5O5S/c1-24(2,3)34-23(31)27-35(32,33)29-12-9-18(10-13-29)17-4-6-21(7-5-17)26-22(30)28-15-19-8-11-25-14-20(19)16-28/h4-9,11,14H,10,12-13,15-16H2,1-3H3,(H,26,30)(H,27,31). The van der Waals surface area contributed by atoms with Gasteiger partial charge in [0.15, 0.2) is 0 Å². The maximum atomic E-state index is 12.6. The Morgan fingerprint density at radius 1 is 1.06 bits per heavy atom. The van der Waals surface area contributed by atoms with Gasteiger partial charge in [-0.25, -0.2) is 14.3 Å². The minimum Gasteiger partial charge on any atom is -0.443 e. The van der Waals surface area contributed by atoms with E-state index < -0.39 is 21.9 Å². The van der Waals surface area contributed by atoms with Gasteiger partial charge in [0.05, 0.1) is 0 Å². The normalized spacial score (nSPS) is 16.3. The van der Waals surface area contributed by atoms with Crippen molar-refractivity contribution in [2.24, 2.45) is 0 Å². The van der Waals surface area contributed by atoms with Gasteiger partial charge < -0.3 is 15.0 Å². The maximum Gasteiger partial charge on any atom is 0.422 e. The lowest BCUT2D eigenvalue weighted by Crippen LogP contribution is -2.46. The molecule has 2 N–H and O–H groups in total. The van der Waals surface area contributed by atoms with E-state index >= 15 is 0 Å². The second-order valence-electron chi connectivity index (χ2n) is 9.45. The number of urea groups is 1. The van der Waals surface area contributed by atoms with Gasteiger partial charge in [-0.1, -0.05) is 18.2 Å². The summed E-state index contributed by atoms with van der Waals surface area (Å²) in [5.41, 5.74) is 3.98. The summed E-state index contributed by atoms with van der Waals surface area (Å²) in [6.45, 7) is 6.43. The molecule has 0 aliphatic carbocycles. The van der Waals surface area contributed by atoms with Gasteiger partial charge in [-0.3, -0.25) is 4.98 Å². The number of hydrogen-bond donors (Lipinski definition) is 2. The quantitative estimate of drug-likeness (QED) is 0.664. The van der Waals surface area contributed by atoms with Crippen LogP contribution in [0.15, 0.2) is 48.8 Å². The lowest BCUT2D eigenvalue weighted by atomic mass is 10.0. The molecular formula is C24H29N5O5S. The average molecular weight is 500 g/mol. The van der Waals surface area contributed by atoms with E-state index in [4.69, 9.17) is 4.74 Å². The van der Waals surface area contributed by atoms with Gasteiger partial charge in [0.25, 0.3) is 0 Å². The molecule has 4 rings (SSSR count). The highest BCUT2D eigenvalue weighted by atomic mass is 32.2. The Labute approximate surface area is 205 Å². The van der Waals surface area contributed by atoms with Crippen LogP contribution in [0.5, 0.6) is 0 Å². The third kappa shape index (κ3) is 6.17. The first kappa shape index (κ1) is 24.7. The van der Waals surface area contributed by atoms with E-state index in [1.165, 1.54) is 4.31 Å². The van der Waals surface area contributed by atoms with Crippen LogP contribution in [0, 0.1) is 0 Å². The van der Waals surface area contributed by atoms with E-state index in [-0.39, 0.29) is 19.1 Å². The number of ether oxygens (including phenoxy) is 1. The van der Waals surface area contributed by atoms with Crippen molar-refractivity contribution in [3.05, 3.63) is 65.5 Å². The molecule has 0 spiro atoms. The zero-order valence-electron chi connectivity index (χ0n) is 19.9. The smallest absolute Gasteiger partial charge is 0.422 e. The summed E-state index contributed by atoms with van der Waals surface area (Å²) in [5.74, 6) is 0. The summed E-state index contributed by atoms with van der Waals surface area (Å²) in [4.78, 5) is 30.3. The molecule has 2 aliphatic heterocycles. The Morgan fingerprint density at radius 3 is 2.40 bits per heavy atom. The van der Waals surface area contributed by atoms with Crippen LogP contribution in [0.3, 0.4) is 0 Å². The minimum atomic E-state index is -4.00. The molecule has 0 saturated carbocycles. The molecule has 0 saturated heterocycles. The van der Waals surface area contributed by atoms with Crippen LogP contribution >= 0.6 is 0 Å². The molecule has 11 heteroatoms. The van der Waals surface area contributed by atoms with E-state index in [0.717, 1.165) is 22.3 Å². The van der Waals surface area contributed by atoms with Crippen molar-refractivity contribution < 1.29 is 22.7 Å². The van der Waals surface area contributed by atoms with Crippen molar-refractivity contribution in [1.29, 1.82) is 0 Å². The van der Waals surface area contributed by atoms with Crippen molar-refractivity contribution in [1.82, 2.24) is 18.9 Å². The number of amides is 3. The summed E-state index contributed by atoms with van der Waals surface area (Å²) >= 11 is 0. The molecule has 35 heavy (non-hydrogen) atoms. The molecule has 1 aromatic carbocycles. The zero-order valence-corrected chi connectivity index (χ0v) is 20.8. The van der Waals surface area contributed by atoms with E-state index in [1.54, 1.807) is 38.1 Å². The fourth-order valence-electron chi connectivity index (χ4n) is 3.93. The number of nitrogens with zero attached hydrogens (tertiary/aromatic N) is 3. The number of rotatable bonds is 4. The second-order valence-corrected chi connectivity index (χ2v) is 11.1. The Hall–Kier alpha value is -3.44. The minimum absolute atomic E-state index is 0.135. The van der Waals surface area contributed by atoms with Crippen LogP contribution in [-0.4, -0.2) is 53.4 Å². The summed E-state index contributed by atoms with van der Waals surface area (Å²) < 4.78 is 33.2. The molecule has 0 unspecified atom stereocenters. The lowest BCUT2D eigenvalue weighted by molar-refractivity contribution is 0.0567. The van der Waals surface area contributed by atoms with Crippen LogP contribution in [0.1, 0.15) is 43.9 Å². The molecule has 0 atom stereocenters. The van der Waals surface area contributed by atoms with E-state index in [9.17, 15) is 18.0 Å². The van der Waals surface area contributed by atoms with Crippen molar-refractivity contribution in [2.45, 2.75) is 45.9 Å². The monoisotopic (exact) mass is 499 g/mol. The highest BCUT2D eigenvalue weighted by molar-refractivity contribution is 7.87. The Morgan fingerprint density at radius 2 is 1.77 bits per heavy atom. The third-order valence-corrected chi connectivity index (χ3v) is 7.08. The van der Waals surface area contributed by atoms with Crippen LogP contribution in [0.25, 0.3) is 5.57 Å². The van der Waals surface area contributed by atoms with Crippen molar-refractivity contribution >= 4 is 33.6 Å². The van der Waals surface area contributed by atoms with Crippen LogP contribution in [-0.2, 0) is 28.0 Å². The Balaban J connectivity index is 1.32. The fraction of sp³-hybridized carbons (Fsp3) is 0.375. The SMILES string of the molecule is CC(C)(C)OC(=O)NS(=O)(=O)N1CC=C(c2ccc(NC(=O)N3Cc4ccncc4C3)cc2)CC1. The summed E-state index contributed by atoms with van der Waals surface area (Å²) in [7, 11) is -4.00. The van der Waals surface area contributed by atoms with Gasteiger partial charge in [0, 0.05) is 44.3 Å². The molecule has 10 nitrogen and oxygen atoms in total. The number of hydrogen-bond acceptors (Lipinski definition) is 6. The molecular weight excluding hydrogens is 470 g/mol. The predicted molar refractivity (Wildman–Crippen MR) is 131 cm³/mol. The Bertz CT molecular complexity index is 1230. The third-order valence-electron chi connectivity index (χ3n) is 5.64. The molecule has 186 valence electrons. The van der Waals surface area contributed by atoms with E-state index in [0.29, 0.717) is 25.2 Å². The molecule has 3 heterocycles. The van der Waals surface area contributed by atoms with Gasteiger partial charge in [-0.05, 0) is 67.7 Å². The molecule has 0 bridgehead atoms. The number of fused-ring (bicyclic) bond motifs is 1. The number of benzene rings is 1. The molecule has 0 radical (unpaired) electrons. The zero-order chi connectivity index (χ0) is 25.2. The topological polar surface area (TPSA) is 121 Å². The number of pyridine rings is 1. The number of carbonyl (C=O) groups excluding carboxylic acids is 2. The van der Waals surface area contributed by atoms with Crippen molar-refractivity contribution in [2.75, 3.05) is 18.4 Å². The molecule has 3 amide bonds. The molecule has 1 aromatic heterocycles. The van der Waals surface area contributed by atoms with Crippen LogP contribution < -0.4 is 10.0 Å². The lowest BCUT2D eigenvalue weighted by Gasteiger charge is -2.27. The number of anilines is 1. The van der Waals surface area contributed by atoms with Crippen LogP contribution in [0.4, 0.5) is 15.3 Å². The summed E-state index contributed by atoms with van der Waals surface area (Å²) in [5, 5.41) is 2.92. The van der Waals surface area contributed by atoms with Crippen molar-refractivity contribution in [3.8, 4) is 0 Å². The number of carbonyl (C=O) groups is 2. The number of nitrogens with one attached hydrogen (secondary N) is 2. The van der Waals surface area contributed by atoms with E-state index in [1.807, 2.05) is 41.1 Å². The van der Waals surface area contributed by atoms with Crippen LogP contribution in [0.2, 0.25) is 0 Å². The summed E-state index contributed by atoms with van der Waals surface area (Å²) in [6.07, 6.45) is 4.82. The second kappa shape index (κ2) is 9.67. The first-order valence-corrected chi connectivity index (χ1v) is 12.7. The first-order valence-electron chi connectivity index (χ1n) is 11.3. The van der Waals surface area contributed by atoms with Crippen molar-refractivity contribution in [3.63, 3.8) is 0 Å². The van der Waals surface area contributed by atoms with Gasteiger partial charge >= 0.3 is 22.3 Å². The van der Waals surface area contributed by atoms with Gasteiger partial charge in [0.1, 0.15) is 5.60 Å². The maximum absolute atomic E-state index is 12.6. The first-order chi connectivity index (χ1) is 16.5. The number of aromatic nitrogens is 1. The molecule has 2 aliphatic rings. The highest BCUT2D eigenvalue weighted by Crippen LogP contribution is 2.26. The predicted octanol–water partition coefficient (Wildman–Crippen LogP) is 3.49. The summed E-state index contributed by atoms with van der Waals surface area (Å²) in [6, 6.07) is 9.19. The van der Waals surface area contributed by atoms with E-state index in [2.05, 4.69) is 10.3 Å². The van der Waals surface area contributed by atoms with Gasteiger partial charge in [-0.2, -0.15) is 12.7 Å². The Kier molecular flexibility index (Phi) is 6.82. The van der Waals surface area contributed by atoms with Gasteiger partial charge in [0.2, 0.25) is 0 Å². The largest absolute Gasteiger partial charge is 0.443 e.